The maximum Gasteiger partial charge on any atom is 0.333 e. The highest BCUT2D eigenvalue weighted by molar-refractivity contribution is 7.22. The zero-order valence-electron chi connectivity index (χ0n) is 20.1. The summed E-state index contributed by atoms with van der Waals surface area (Å²) >= 11 is 1.06. The summed E-state index contributed by atoms with van der Waals surface area (Å²) in [7, 11) is 1.46. The lowest BCUT2D eigenvalue weighted by Gasteiger charge is -2.24. The number of carbonyl (C=O) groups is 1. The molecule has 1 aromatic carbocycles. The molecule has 0 saturated heterocycles. The Morgan fingerprint density at radius 3 is 2.57 bits per heavy atom. The molecule has 1 atom stereocenters. The number of ether oxygens (including phenoxy) is 1. The number of aryl methyl sites for hydroxylation is 1. The van der Waals surface area contributed by atoms with Crippen molar-refractivity contribution >= 4 is 45.5 Å². The number of para-hydroxylation sites is 1. The van der Waals surface area contributed by atoms with Gasteiger partial charge in [0.15, 0.2) is 0 Å². The van der Waals surface area contributed by atoms with E-state index < -0.39 is 28.9 Å². The van der Waals surface area contributed by atoms with E-state index in [-0.39, 0.29) is 16.8 Å². The van der Waals surface area contributed by atoms with Gasteiger partial charge in [-0.25, -0.2) is 14.2 Å². The van der Waals surface area contributed by atoms with Crippen LogP contribution in [0.3, 0.4) is 0 Å². The number of aromatic nitrogens is 2. The van der Waals surface area contributed by atoms with Crippen LogP contribution in [0.4, 0.5) is 5.00 Å². The molecule has 2 N–H and O–H groups in total. The van der Waals surface area contributed by atoms with E-state index in [1.54, 1.807) is 38.1 Å². The number of aliphatic hydroxyl groups excluding tert-OH is 1. The lowest BCUT2D eigenvalue weighted by molar-refractivity contribution is -0.146. The predicted octanol–water partition coefficient (Wildman–Crippen LogP) is 2.52. The number of rotatable bonds is 9. The van der Waals surface area contributed by atoms with Crippen LogP contribution in [0, 0.1) is 6.92 Å². The maximum atomic E-state index is 13.6. The molecule has 3 aromatic rings. The van der Waals surface area contributed by atoms with Gasteiger partial charge in [-0.2, -0.15) is 10.2 Å². The molecule has 0 radical (unpaired) electrons. The molecule has 0 amide bonds. The number of hydrogen-bond donors (Lipinski definition) is 2. The normalized spacial score (nSPS) is 12.7. The number of hydrazone groups is 2. The number of anilines is 1. The third-order valence-electron chi connectivity index (χ3n) is 5.66. The first-order valence-corrected chi connectivity index (χ1v) is 11.4. The summed E-state index contributed by atoms with van der Waals surface area (Å²) in [6.45, 7) is 9.12. The van der Waals surface area contributed by atoms with Gasteiger partial charge in [0.05, 0.1) is 19.0 Å². The van der Waals surface area contributed by atoms with Gasteiger partial charge in [-0.15, -0.1) is 5.12 Å². The van der Waals surface area contributed by atoms with Crippen LogP contribution >= 0.6 is 11.3 Å². The van der Waals surface area contributed by atoms with Crippen LogP contribution < -0.4 is 21.1 Å². The van der Waals surface area contributed by atoms with Crippen molar-refractivity contribution in [1.82, 2.24) is 9.13 Å². The van der Waals surface area contributed by atoms with E-state index in [1.165, 1.54) is 36.9 Å². The average molecular weight is 502 g/mol. The number of nitrogens with zero attached hydrogens (tertiary/aromatic N) is 5. The van der Waals surface area contributed by atoms with Crippen LogP contribution in [0.1, 0.15) is 38.0 Å². The molecule has 2 heterocycles. The quantitative estimate of drug-likeness (QED) is 0.339. The number of carboxylic acids is 1. The second-order valence-corrected chi connectivity index (χ2v) is 9.15. The first kappa shape index (κ1) is 25.8. The SMILES string of the molecule is C=NN(/N=C\C)c1sc2c(c1C)c(=O)n(C(C)(C)C(=O)O)c(=O)n2C[C@H](O)c1ccccc1OC. The number of carboxylic acid groups (broad SMARTS) is 1. The van der Waals surface area contributed by atoms with Crippen LogP contribution in [-0.2, 0) is 16.9 Å². The van der Waals surface area contributed by atoms with Gasteiger partial charge in [-0.05, 0) is 33.8 Å². The Labute approximate surface area is 204 Å². The molecule has 0 spiro atoms. The zero-order chi connectivity index (χ0) is 26.1. The van der Waals surface area contributed by atoms with E-state index in [9.17, 15) is 24.6 Å². The molecular formula is C23H27N5O6S. The minimum atomic E-state index is -1.86. The highest BCUT2D eigenvalue weighted by Gasteiger charge is 2.36. The van der Waals surface area contributed by atoms with Gasteiger partial charge >= 0.3 is 11.7 Å². The minimum Gasteiger partial charge on any atom is -0.496 e. The number of hydrogen-bond acceptors (Lipinski definition) is 9. The lowest BCUT2D eigenvalue weighted by atomic mass is 10.1. The Kier molecular flexibility index (Phi) is 7.27. The molecule has 0 bridgehead atoms. The van der Waals surface area contributed by atoms with Crippen molar-refractivity contribution in [2.75, 3.05) is 12.2 Å². The van der Waals surface area contributed by atoms with E-state index in [0.717, 1.165) is 11.3 Å². The fourth-order valence-electron chi connectivity index (χ4n) is 3.75. The molecule has 0 aliphatic carbocycles. The Morgan fingerprint density at radius 1 is 1.34 bits per heavy atom. The minimum absolute atomic E-state index is 0.131. The van der Waals surface area contributed by atoms with Crippen molar-refractivity contribution < 1.29 is 19.7 Å². The van der Waals surface area contributed by atoms with Gasteiger partial charge in [-0.3, -0.25) is 9.36 Å². The first-order valence-electron chi connectivity index (χ1n) is 10.6. The monoisotopic (exact) mass is 501 g/mol. The van der Waals surface area contributed by atoms with E-state index >= 15 is 0 Å². The number of thiophene rings is 1. The zero-order valence-corrected chi connectivity index (χ0v) is 20.9. The molecular weight excluding hydrogens is 474 g/mol. The molecule has 0 aliphatic heterocycles. The van der Waals surface area contributed by atoms with Crippen LogP contribution in [0.2, 0.25) is 0 Å². The molecule has 35 heavy (non-hydrogen) atoms. The summed E-state index contributed by atoms with van der Waals surface area (Å²) in [5.41, 5.74) is -2.60. The van der Waals surface area contributed by atoms with Gasteiger partial charge < -0.3 is 14.9 Å². The van der Waals surface area contributed by atoms with Gasteiger partial charge in [0, 0.05) is 24.1 Å². The largest absolute Gasteiger partial charge is 0.496 e. The summed E-state index contributed by atoms with van der Waals surface area (Å²) in [5, 5.41) is 30.6. The van der Waals surface area contributed by atoms with Crippen molar-refractivity contribution in [3.8, 4) is 5.75 Å². The molecule has 3 rings (SSSR count). The Bertz CT molecular complexity index is 1430. The number of benzene rings is 1. The topological polar surface area (TPSA) is 139 Å². The summed E-state index contributed by atoms with van der Waals surface area (Å²) in [6.07, 6.45) is 0.294. The standard InChI is InChI=1S/C23H27N5O6S/c1-7-25-28(24-5)19-13(2)17-18(30)27(23(3,4)21(31)32)22(33)26(20(17)35-19)12-15(29)14-10-8-9-11-16(14)34-6/h7-11,15,29H,5,12H2,1-4,6H3,(H,31,32)/b25-7-/t15-/m0/s1. The highest BCUT2D eigenvalue weighted by Crippen LogP contribution is 2.37. The number of aliphatic carboxylic acids is 1. The third-order valence-corrected chi connectivity index (χ3v) is 6.94. The summed E-state index contributed by atoms with van der Waals surface area (Å²) in [4.78, 5) is 39.4. The summed E-state index contributed by atoms with van der Waals surface area (Å²) in [6, 6.07) is 6.80. The number of fused-ring (bicyclic) bond motifs is 1. The molecule has 2 aromatic heterocycles. The Morgan fingerprint density at radius 2 is 2.00 bits per heavy atom. The molecule has 186 valence electrons. The highest BCUT2D eigenvalue weighted by atomic mass is 32.1. The second-order valence-electron chi connectivity index (χ2n) is 8.17. The summed E-state index contributed by atoms with van der Waals surface area (Å²) < 4.78 is 7.23. The van der Waals surface area contributed by atoms with E-state index in [0.29, 0.717) is 26.4 Å². The second kappa shape index (κ2) is 9.84. The predicted molar refractivity (Wildman–Crippen MR) is 136 cm³/mol. The van der Waals surface area contributed by atoms with Crippen LogP contribution in [-0.4, -0.2) is 45.4 Å². The van der Waals surface area contributed by atoms with Gasteiger partial charge in [0.25, 0.3) is 5.56 Å². The smallest absolute Gasteiger partial charge is 0.333 e. The van der Waals surface area contributed by atoms with E-state index in [1.807, 2.05) is 0 Å². The van der Waals surface area contributed by atoms with Gasteiger partial charge in [-0.1, -0.05) is 29.5 Å². The molecule has 0 unspecified atom stereocenters. The summed E-state index contributed by atoms with van der Waals surface area (Å²) in [5.74, 6) is -0.934. The fourth-order valence-corrected chi connectivity index (χ4v) is 4.98. The first-order chi connectivity index (χ1) is 16.5. The molecule has 11 nitrogen and oxygen atoms in total. The number of methoxy groups -OCH3 is 1. The van der Waals surface area contributed by atoms with Crippen LogP contribution in [0.5, 0.6) is 5.75 Å². The fraction of sp³-hybridized carbons (Fsp3) is 0.348. The Balaban J connectivity index is 2.40. The lowest BCUT2D eigenvalue weighted by Crippen LogP contribution is -2.52. The maximum absolute atomic E-state index is 13.6. The van der Waals surface area contributed by atoms with Crippen molar-refractivity contribution in [3.05, 3.63) is 56.2 Å². The molecule has 0 fully saturated rings. The van der Waals surface area contributed by atoms with Crippen molar-refractivity contribution in [3.63, 3.8) is 0 Å². The van der Waals surface area contributed by atoms with Gasteiger partial charge in [0.1, 0.15) is 27.2 Å². The van der Waals surface area contributed by atoms with E-state index in [4.69, 9.17) is 4.74 Å². The third kappa shape index (κ3) is 4.37. The Hall–Kier alpha value is -3.77. The van der Waals surface area contributed by atoms with Crippen molar-refractivity contribution in [2.45, 2.75) is 45.9 Å². The van der Waals surface area contributed by atoms with Crippen molar-refractivity contribution in [1.29, 1.82) is 0 Å². The van der Waals surface area contributed by atoms with Crippen molar-refractivity contribution in [2.24, 2.45) is 10.2 Å². The molecule has 12 heteroatoms. The average Bonchev–Trinajstić information content (AvgIpc) is 3.16. The van der Waals surface area contributed by atoms with Gasteiger partial charge in [0.2, 0.25) is 0 Å². The van der Waals surface area contributed by atoms with E-state index in [2.05, 4.69) is 16.9 Å². The number of aliphatic hydroxyl groups is 1. The molecule has 0 aliphatic rings. The van der Waals surface area contributed by atoms with Crippen LogP contribution in [0.25, 0.3) is 10.2 Å². The molecule has 0 saturated carbocycles. The van der Waals surface area contributed by atoms with Crippen LogP contribution in [0.15, 0.2) is 44.1 Å².